The predicted molar refractivity (Wildman–Crippen MR) is 148 cm³/mol. The van der Waals surface area contributed by atoms with Crippen molar-refractivity contribution in [2.75, 3.05) is 36.4 Å². The van der Waals surface area contributed by atoms with Gasteiger partial charge in [0.2, 0.25) is 10.0 Å². The van der Waals surface area contributed by atoms with E-state index in [1.165, 1.54) is 4.31 Å². The van der Waals surface area contributed by atoms with Crippen molar-refractivity contribution in [1.82, 2.24) is 4.31 Å². The zero-order valence-corrected chi connectivity index (χ0v) is 22.8. The average molecular weight is 542 g/mol. The van der Waals surface area contributed by atoms with Crippen molar-refractivity contribution in [3.8, 4) is 5.75 Å². The van der Waals surface area contributed by atoms with Crippen molar-refractivity contribution in [2.45, 2.75) is 38.2 Å². The summed E-state index contributed by atoms with van der Waals surface area (Å²) < 4.78 is 33.5. The number of para-hydroxylation sites is 1. The van der Waals surface area contributed by atoms with Gasteiger partial charge in [0.1, 0.15) is 5.75 Å². The second kappa shape index (κ2) is 11.5. The van der Waals surface area contributed by atoms with E-state index in [0.29, 0.717) is 53.9 Å². The van der Waals surface area contributed by atoms with E-state index in [1.807, 2.05) is 18.7 Å². The topological polar surface area (TPSA) is 79.0 Å². The van der Waals surface area contributed by atoms with E-state index in [1.54, 1.807) is 66.7 Å². The molecule has 0 unspecified atom stereocenters. The van der Waals surface area contributed by atoms with Crippen LogP contribution >= 0.6 is 11.6 Å². The number of anilines is 2. The summed E-state index contributed by atoms with van der Waals surface area (Å²) in [5.41, 5.74) is 2.76. The molecule has 0 aliphatic carbocycles. The van der Waals surface area contributed by atoms with Gasteiger partial charge in [-0.05, 0) is 68.8 Å². The van der Waals surface area contributed by atoms with E-state index in [4.69, 9.17) is 16.3 Å². The van der Waals surface area contributed by atoms with Crippen LogP contribution in [0.15, 0.2) is 71.6 Å². The predicted octanol–water partition coefficient (Wildman–Crippen LogP) is 5.59. The maximum atomic E-state index is 13.1. The highest BCUT2D eigenvalue weighted by molar-refractivity contribution is 7.89. The molecule has 1 heterocycles. The number of amides is 1. The van der Waals surface area contributed by atoms with Crippen molar-refractivity contribution in [2.24, 2.45) is 0 Å². The van der Waals surface area contributed by atoms with Crippen molar-refractivity contribution in [3.05, 3.63) is 82.9 Å². The molecule has 9 heteroatoms. The Bertz CT molecular complexity index is 1340. The Morgan fingerprint density at radius 2 is 1.65 bits per heavy atom. The van der Waals surface area contributed by atoms with Crippen LogP contribution in [0, 0.1) is 6.92 Å². The first-order chi connectivity index (χ1) is 17.7. The Hall–Kier alpha value is -3.07. The van der Waals surface area contributed by atoms with Gasteiger partial charge in [-0.3, -0.25) is 4.79 Å². The maximum absolute atomic E-state index is 13.1. The van der Waals surface area contributed by atoms with Crippen molar-refractivity contribution in [3.63, 3.8) is 0 Å². The summed E-state index contributed by atoms with van der Waals surface area (Å²) in [5, 5.41) is 3.46. The van der Waals surface area contributed by atoms with Gasteiger partial charge in [-0.15, -0.1) is 0 Å². The lowest BCUT2D eigenvalue weighted by Crippen LogP contribution is -2.49. The number of halogens is 1. The van der Waals surface area contributed by atoms with Crippen LogP contribution in [0.5, 0.6) is 5.75 Å². The van der Waals surface area contributed by atoms with Crippen LogP contribution in [0.1, 0.15) is 36.2 Å². The molecule has 1 N–H and O–H groups in total. The first kappa shape index (κ1) is 27.0. The fourth-order valence-corrected chi connectivity index (χ4v) is 5.86. The molecule has 0 spiro atoms. The summed E-state index contributed by atoms with van der Waals surface area (Å²) in [6.07, 6.45) is 0.993. The first-order valence-corrected chi connectivity index (χ1v) is 14.2. The zero-order chi connectivity index (χ0) is 26.6. The summed E-state index contributed by atoms with van der Waals surface area (Å²) in [6, 6.07) is 19.3. The summed E-state index contributed by atoms with van der Waals surface area (Å²) >= 11 is 6.57. The van der Waals surface area contributed by atoms with Gasteiger partial charge in [-0.1, -0.05) is 42.3 Å². The Morgan fingerprint density at radius 3 is 2.27 bits per heavy atom. The molecular weight excluding hydrogens is 510 g/mol. The molecule has 4 rings (SSSR count). The van der Waals surface area contributed by atoms with E-state index in [9.17, 15) is 13.2 Å². The van der Waals surface area contributed by atoms with Crippen LogP contribution in [-0.2, 0) is 10.0 Å². The highest BCUT2D eigenvalue weighted by Crippen LogP contribution is 2.35. The third-order valence-corrected chi connectivity index (χ3v) is 8.70. The standard InChI is InChI=1S/C28H32ClN3O4S/c1-4-21(3)36-23-12-10-22(11-13-23)28(33)30-26-7-5-6-25(29)27(26)31-16-18-32(19-17-31)37(34,35)24-14-8-20(2)9-15-24/h5-15,21H,4,16-19H2,1-3H3,(H,30,33)/t21-/m0/s1. The molecule has 0 saturated carbocycles. The van der Waals surface area contributed by atoms with Crippen LogP contribution in [-0.4, -0.2) is 50.9 Å². The van der Waals surface area contributed by atoms with E-state index in [-0.39, 0.29) is 16.9 Å². The fraction of sp³-hybridized carbons (Fsp3) is 0.321. The lowest BCUT2D eigenvalue weighted by molar-refractivity contribution is 0.102. The van der Waals surface area contributed by atoms with Crippen molar-refractivity contribution < 1.29 is 17.9 Å². The van der Waals surface area contributed by atoms with Crippen LogP contribution in [0.4, 0.5) is 11.4 Å². The number of nitrogens with zero attached hydrogens (tertiary/aromatic N) is 2. The van der Waals surface area contributed by atoms with Gasteiger partial charge in [0, 0.05) is 31.7 Å². The smallest absolute Gasteiger partial charge is 0.255 e. The van der Waals surface area contributed by atoms with Crippen molar-refractivity contribution in [1.29, 1.82) is 0 Å². The van der Waals surface area contributed by atoms with Gasteiger partial charge in [0.15, 0.2) is 0 Å². The minimum absolute atomic E-state index is 0.0982. The lowest BCUT2D eigenvalue weighted by atomic mass is 10.1. The largest absolute Gasteiger partial charge is 0.491 e. The maximum Gasteiger partial charge on any atom is 0.255 e. The van der Waals surface area contributed by atoms with Crippen LogP contribution in [0.3, 0.4) is 0 Å². The van der Waals surface area contributed by atoms with E-state index < -0.39 is 10.0 Å². The minimum Gasteiger partial charge on any atom is -0.491 e. The molecule has 1 aliphatic rings. The Labute approximate surface area is 224 Å². The third-order valence-electron chi connectivity index (χ3n) is 6.48. The minimum atomic E-state index is -3.58. The number of rotatable bonds is 8. The number of benzene rings is 3. The molecule has 37 heavy (non-hydrogen) atoms. The molecule has 1 amide bonds. The molecule has 1 atom stereocenters. The average Bonchev–Trinajstić information content (AvgIpc) is 2.89. The second-order valence-electron chi connectivity index (χ2n) is 9.16. The number of piperazine rings is 1. The van der Waals surface area contributed by atoms with E-state index >= 15 is 0 Å². The van der Waals surface area contributed by atoms with Gasteiger partial charge in [0.25, 0.3) is 5.91 Å². The number of carbonyl (C=O) groups excluding carboxylic acids is 1. The second-order valence-corrected chi connectivity index (χ2v) is 11.5. The molecule has 3 aromatic carbocycles. The zero-order valence-electron chi connectivity index (χ0n) is 21.3. The quantitative estimate of drug-likeness (QED) is 0.402. The normalized spacial score (nSPS) is 15.3. The first-order valence-electron chi connectivity index (χ1n) is 12.4. The molecule has 196 valence electrons. The molecule has 1 saturated heterocycles. The lowest BCUT2D eigenvalue weighted by Gasteiger charge is -2.36. The molecule has 7 nitrogen and oxygen atoms in total. The molecule has 0 aromatic heterocycles. The summed E-state index contributed by atoms with van der Waals surface area (Å²) in [4.78, 5) is 15.3. The summed E-state index contributed by atoms with van der Waals surface area (Å²) in [5.74, 6) is 0.451. The molecule has 1 fully saturated rings. The van der Waals surface area contributed by atoms with Gasteiger partial charge in [-0.25, -0.2) is 8.42 Å². The summed E-state index contributed by atoms with van der Waals surface area (Å²) in [7, 11) is -3.58. The fourth-order valence-electron chi connectivity index (χ4n) is 4.14. The Balaban J connectivity index is 1.46. The SMILES string of the molecule is CC[C@H](C)Oc1ccc(C(=O)Nc2cccc(Cl)c2N2CCN(S(=O)(=O)c3ccc(C)cc3)CC2)cc1. The molecule has 1 aliphatic heterocycles. The van der Waals surface area contributed by atoms with Gasteiger partial charge in [0.05, 0.1) is 27.4 Å². The van der Waals surface area contributed by atoms with Crippen LogP contribution in [0.2, 0.25) is 5.02 Å². The number of hydrogen-bond acceptors (Lipinski definition) is 5. The number of aryl methyl sites for hydroxylation is 1. The number of carbonyl (C=O) groups is 1. The van der Waals surface area contributed by atoms with Gasteiger partial charge < -0.3 is 15.0 Å². The van der Waals surface area contributed by atoms with Crippen LogP contribution in [0.25, 0.3) is 0 Å². The Morgan fingerprint density at radius 1 is 1.00 bits per heavy atom. The molecular formula is C28H32ClN3O4S. The third kappa shape index (κ3) is 6.26. The number of ether oxygens (including phenoxy) is 1. The molecule has 3 aromatic rings. The van der Waals surface area contributed by atoms with E-state index in [2.05, 4.69) is 12.2 Å². The number of nitrogens with one attached hydrogen (secondary N) is 1. The Kier molecular flexibility index (Phi) is 8.42. The van der Waals surface area contributed by atoms with Crippen LogP contribution < -0.4 is 15.0 Å². The summed E-state index contributed by atoms with van der Waals surface area (Å²) in [6.45, 7) is 7.49. The molecule has 0 bridgehead atoms. The van der Waals surface area contributed by atoms with E-state index in [0.717, 1.165) is 12.0 Å². The van der Waals surface area contributed by atoms with Gasteiger partial charge >= 0.3 is 0 Å². The number of sulfonamides is 1. The molecule has 0 radical (unpaired) electrons. The number of hydrogen-bond donors (Lipinski definition) is 1. The monoisotopic (exact) mass is 541 g/mol. The van der Waals surface area contributed by atoms with Crippen molar-refractivity contribution >= 4 is 38.9 Å². The highest BCUT2D eigenvalue weighted by atomic mass is 35.5. The van der Waals surface area contributed by atoms with Gasteiger partial charge in [-0.2, -0.15) is 4.31 Å². The highest BCUT2D eigenvalue weighted by Gasteiger charge is 2.30.